The summed E-state index contributed by atoms with van der Waals surface area (Å²) in [5.41, 5.74) is 1.21. The van der Waals surface area contributed by atoms with E-state index in [1.165, 1.54) is 4.90 Å². The molecule has 0 aliphatic rings. The van der Waals surface area contributed by atoms with Gasteiger partial charge in [-0.2, -0.15) is 0 Å². The Kier molecular flexibility index (Phi) is 9.27. The molecule has 2 amide bonds. The Morgan fingerprint density at radius 2 is 1.72 bits per heavy atom. The SMILES string of the molecule is CC[C@H](C)NC(=O)[C@@H](C)N(Cc1ccccc1)C(=O)CN(c1cccc(Br)c1)S(C)(=O)=O. The van der Waals surface area contributed by atoms with E-state index < -0.39 is 28.5 Å². The van der Waals surface area contributed by atoms with Gasteiger partial charge in [-0.25, -0.2) is 8.42 Å². The topological polar surface area (TPSA) is 86.8 Å². The molecule has 2 aromatic carbocycles. The van der Waals surface area contributed by atoms with Crippen molar-refractivity contribution in [2.75, 3.05) is 17.1 Å². The molecule has 0 aromatic heterocycles. The zero-order chi connectivity index (χ0) is 23.9. The number of halogens is 1. The molecule has 32 heavy (non-hydrogen) atoms. The van der Waals surface area contributed by atoms with Crippen molar-refractivity contribution in [1.82, 2.24) is 10.2 Å². The summed E-state index contributed by atoms with van der Waals surface area (Å²) in [6.07, 6.45) is 1.82. The third kappa shape index (κ3) is 7.34. The second-order valence-electron chi connectivity index (χ2n) is 7.75. The molecule has 0 aliphatic heterocycles. The standard InChI is InChI=1S/C23H30BrN3O4S/c1-5-17(2)25-23(29)18(3)26(15-19-10-7-6-8-11-19)22(28)16-27(32(4,30)31)21-13-9-12-20(24)14-21/h6-14,17-18H,5,15-16H2,1-4H3,(H,25,29)/t17-,18+/m0/s1. The summed E-state index contributed by atoms with van der Waals surface area (Å²) >= 11 is 3.34. The molecular weight excluding hydrogens is 494 g/mol. The molecule has 0 saturated heterocycles. The van der Waals surface area contributed by atoms with Crippen molar-refractivity contribution < 1.29 is 18.0 Å². The molecule has 0 unspecified atom stereocenters. The second kappa shape index (κ2) is 11.5. The van der Waals surface area contributed by atoms with Gasteiger partial charge in [0.2, 0.25) is 21.8 Å². The third-order valence-electron chi connectivity index (χ3n) is 5.14. The van der Waals surface area contributed by atoms with E-state index in [1.54, 1.807) is 31.2 Å². The van der Waals surface area contributed by atoms with Gasteiger partial charge >= 0.3 is 0 Å². The lowest BCUT2D eigenvalue weighted by Crippen LogP contribution is -2.52. The molecule has 0 saturated carbocycles. The molecule has 0 fully saturated rings. The lowest BCUT2D eigenvalue weighted by Gasteiger charge is -2.32. The minimum Gasteiger partial charge on any atom is -0.352 e. The molecule has 9 heteroatoms. The van der Waals surface area contributed by atoms with Crippen LogP contribution >= 0.6 is 15.9 Å². The Morgan fingerprint density at radius 3 is 2.28 bits per heavy atom. The van der Waals surface area contributed by atoms with Gasteiger partial charge in [0.25, 0.3) is 0 Å². The average Bonchev–Trinajstić information content (AvgIpc) is 2.74. The number of carbonyl (C=O) groups excluding carboxylic acids is 2. The number of anilines is 1. The van der Waals surface area contributed by atoms with Crippen LogP contribution in [0.2, 0.25) is 0 Å². The number of rotatable bonds is 10. The van der Waals surface area contributed by atoms with Gasteiger partial charge in [-0.1, -0.05) is 59.3 Å². The van der Waals surface area contributed by atoms with E-state index in [2.05, 4.69) is 21.2 Å². The first-order valence-corrected chi connectivity index (χ1v) is 13.0. The minimum absolute atomic E-state index is 0.0344. The van der Waals surface area contributed by atoms with E-state index in [1.807, 2.05) is 44.2 Å². The van der Waals surface area contributed by atoms with Gasteiger partial charge in [0.15, 0.2) is 0 Å². The molecule has 2 atom stereocenters. The minimum atomic E-state index is -3.74. The highest BCUT2D eigenvalue weighted by molar-refractivity contribution is 9.10. The first-order valence-electron chi connectivity index (χ1n) is 10.4. The van der Waals surface area contributed by atoms with E-state index in [9.17, 15) is 18.0 Å². The largest absolute Gasteiger partial charge is 0.352 e. The molecule has 2 aromatic rings. The summed E-state index contributed by atoms with van der Waals surface area (Å²) in [7, 11) is -3.74. The fourth-order valence-electron chi connectivity index (χ4n) is 3.07. The Balaban J connectivity index is 2.35. The average molecular weight is 524 g/mol. The zero-order valence-corrected chi connectivity index (χ0v) is 21.2. The number of hydrogen-bond acceptors (Lipinski definition) is 4. The maximum atomic E-state index is 13.4. The van der Waals surface area contributed by atoms with E-state index in [-0.39, 0.29) is 18.5 Å². The van der Waals surface area contributed by atoms with Crippen molar-refractivity contribution >= 4 is 43.5 Å². The summed E-state index contributed by atoms with van der Waals surface area (Å²) in [6.45, 7) is 5.29. The summed E-state index contributed by atoms with van der Waals surface area (Å²) in [4.78, 5) is 27.6. The first-order chi connectivity index (χ1) is 15.0. The van der Waals surface area contributed by atoms with Gasteiger partial charge in [-0.05, 0) is 44.0 Å². The van der Waals surface area contributed by atoms with Crippen LogP contribution in [-0.4, -0.2) is 50.0 Å². The van der Waals surface area contributed by atoms with Crippen LogP contribution < -0.4 is 9.62 Å². The highest BCUT2D eigenvalue weighted by Gasteiger charge is 2.30. The Labute approximate surface area is 199 Å². The fraction of sp³-hybridized carbons (Fsp3) is 0.391. The van der Waals surface area contributed by atoms with Crippen LogP contribution in [0, 0.1) is 0 Å². The van der Waals surface area contributed by atoms with Crippen LogP contribution in [-0.2, 0) is 26.2 Å². The van der Waals surface area contributed by atoms with Crippen molar-refractivity contribution in [3.05, 3.63) is 64.6 Å². The normalized spacial score (nSPS) is 13.2. The monoisotopic (exact) mass is 523 g/mol. The quantitative estimate of drug-likeness (QED) is 0.515. The number of benzene rings is 2. The maximum Gasteiger partial charge on any atom is 0.244 e. The summed E-state index contributed by atoms with van der Waals surface area (Å²) in [5, 5.41) is 2.90. The van der Waals surface area contributed by atoms with Crippen molar-refractivity contribution in [3.63, 3.8) is 0 Å². The molecule has 0 radical (unpaired) electrons. The molecule has 0 heterocycles. The molecule has 7 nitrogen and oxygen atoms in total. The second-order valence-corrected chi connectivity index (χ2v) is 10.6. The van der Waals surface area contributed by atoms with Gasteiger partial charge in [0, 0.05) is 17.1 Å². The number of hydrogen-bond donors (Lipinski definition) is 1. The molecule has 0 spiro atoms. The molecule has 1 N–H and O–H groups in total. The van der Waals surface area contributed by atoms with Gasteiger partial charge in [-0.15, -0.1) is 0 Å². The predicted octanol–water partition coefficient (Wildman–Crippen LogP) is 3.55. The Bertz CT molecular complexity index is 1030. The third-order valence-corrected chi connectivity index (χ3v) is 6.77. The maximum absolute atomic E-state index is 13.4. The number of sulfonamides is 1. The van der Waals surface area contributed by atoms with Crippen molar-refractivity contribution in [3.8, 4) is 0 Å². The lowest BCUT2D eigenvalue weighted by atomic mass is 10.1. The summed E-state index contributed by atoms with van der Waals surface area (Å²) in [5.74, 6) is -0.747. The van der Waals surface area contributed by atoms with Gasteiger partial charge < -0.3 is 10.2 Å². The summed E-state index contributed by atoms with van der Waals surface area (Å²) < 4.78 is 26.8. The van der Waals surface area contributed by atoms with Crippen LogP contribution in [0.1, 0.15) is 32.8 Å². The molecule has 174 valence electrons. The highest BCUT2D eigenvalue weighted by Crippen LogP contribution is 2.23. The van der Waals surface area contributed by atoms with E-state index >= 15 is 0 Å². The number of carbonyl (C=O) groups is 2. The molecule has 2 rings (SSSR count). The van der Waals surface area contributed by atoms with Crippen LogP contribution in [0.25, 0.3) is 0 Å². The molecular formula is C23H30BrN3O4S. The number of nitrogens with one attached hydrogen (secondary N) is 1. The Hall–Kier alpha value is -2.39. The smallest absolute Gasteiger partial charge is 0.244 e. The first kappa shape index (κ1) is 25.9. The lowest BCUT2D eigenvalue weighted by molar-refractivity contribution is -0.139. The van der Waals surface area contributed by atoms with Gasteiger partial charge in [0.05, 0.1) is 11.9 Å². The van der Waals surface area contributed by atoms with Gasteiger partial charge in [-0.3, -0.25) is 13.9 Å². The van der Waals surface area contributed by atoms with E-state index in [0.717, 1.165) is 22.5 Å². The fourth-order valence-corrected chi connectivity index (χ4v) is 4.30. The molecule has 0 bridgehead atoms. The van der Waals surface area contributed by atoms with E-state index in [0.29, 0.717) is 10.2 Å². The molecule has 0 aliphatic carbocycles. The van der Waals surface area contributed by atoms with Crippen molar-refractivity contribution in [2.24, 2.45) is 0 Å². The van der Waals surface area contributed by atoms with E-state index in [4.69, 9.17) is 0 Å². The number of nitrogens with zero attached hydrogens (tertiary/aromatic N) is 2. The van der Waals surface area contributed by atoms with Gasteiger partial charge in [0.1, 0.15) is 12.6 Å². The van der Waals surface area contributed by atoms with Crippen molar-refractivity contribution in [2.45, 2.75) is 45.8 Å². The van der Waals surface area contributed by atoms with Crippen LogP contribution in [0.4, 0.5) is 5.69 Å². The zero-order valence-electron chi connectivity index (χ0n) is 18.8. The van der Waals surface area contributed by atoms with Crippen molar-refractivity contribution in [1.29, 1.82) is 0 Å². The highest BCUT2D eigenvalue weighted by atomic mass is 79.9. The summed E-state index contributed by atoms with van der Waals surface area (Å²) in [6, 6.07) is 15.2. The van der Waals surface area contributed by atoms with Crippen LogP contribution in [0.15, 0.2) is 59.1 Å². The Morgan fingerprint density at radius 1 is 1.06 bits per heavy atom. The predicted molar refractivity (Wildman–Crippen MR) is 131 cm³/mol. The number of amides is 2. The van der Waals surface area contributed by atoms with Crippen LogP contribution in [0.5, 0.6) is 0 Å². The van der Waals surface area contributed by atoms with Crippen LogP contribution in [0.3, 0.4) is 0 Å².